The predicted octanol–water partition coefficient (Wildman–Crippen LogP) is 3.00. The minimum Gasteiger partial charge on any atom is -0.482 e. The van der Waals surface area contributed by atoms with E-state index < -0.39 is 0 Å². The van der Waals surface area contributed by atoms with E-state index in [2.05, 4.69) is 4.74 Å². The lowest BCUT2D eigenvalue weighted by Gasteiger charge is -2.07. The first kappa shape index (κ1) is 11.1. The Morgan fingerprint density at radius 3 is 2.71 bits per heavy atom. The topological polar surface area (TPSA) is 42.3 Å². The van der Waals surface area contributed by atoms with Crippen LogP contribution in [-0.2, 0) is 4.74 Å². The second-order valence-corrected chi connectivity index (χ2v) is 3.33. The summed E-state index contributed by atoms with van der Waals surface area (Å²) in [4.78, 5) is 0. The van der Waals surface area contributed by atoms with Crippen LogP contribution < -0.4 is 4.74 Å². The third kappa shape index (κ3) is 3.09. The molecule has 0 atom stereocenters. The molecule has 0 radical (unpaired) electrons. The molecule has 0 saturated carbocycles. The first-order valence-electron chi connectivity index (χ1n) is 3.82. The highest BCUT2D eigenvalue weighted by atomic mass is 35.5. The van der Waals surface area contributed by atoms with E-state index in [4.69, 9.17) is 33.3 Å². The van der Waals surface area contributed by atoms with Crippen molar-refractivity contribution in [2.75, 3.05) is 13.7 Å². The molecule has 1 aromatic carbocycles. The Kier molecular flexibility index (Phi) is 4.04. The lowest BCUT2D eigenvalue weighted by atomic mass is 10.3. The number of ether oxygens (including phenoxy) is 2. The first-order chi connectivity index (χ1) is 6.63. The van der Waals surface area contributed by atoms with Crippen molar-refractivity contribution in [2.45, 2.75) is 0 Å². The summed E-state index contributed by atoms with van der Waals surface area (Å²) in [6, 6.07) is 4.89. The Labute approximate surface area is 92.0 Å². The molecule has 0 saturated heterocycles. The van der Waals surface area contributed by atoms with Gasteiger partial charge in [-0.25, -0.2) is 0 Å². The fourth-order valence-electron chi connectivity index (χ4n) is 0.794. The highest BCUT2D eigenvalue weighted by molar-refractivity contribution is 6.35. The number of hydrogen-bond donors (Lipinski definition) is 1. The summed E-state index contributed by atoms with van der Waals surface area (Å²) in [5, 5.41) is 8.15. The van der Waals surface area contributed by atoms with Gasteiger partial charge in [-0.05, 0) is 18.2 Å². The molecule has 0 unspecified atom stereocenters. The number of methoxy groups -OCH3 is 1. The Hall–Kier alpha value is -0.930. The van der Waals surface area contributed by atoms with E-state index in [1.54, 1.807) is 18.2 Å². The largest absolute Gasteiger partial charge is 0.482 e. The summed E-state index contributed by atoms with van der Waals surface area (Å²) in [6.07, 6.45) is 0. The van der Waals surface area contributed by atoms with Crippen molar-refractivity contribution in [1.29, 1.82) is 5.41 Å². The molecule has 1 aromatic rings. The molecule has 3 nitrogen and oxygen atoms in total. The van der Waals surface area contributed by atoms with Gasteiger partial charge in [0.25, 0.3) is 0 Å². The number of nitrogens with one attached hydrogen (secondary N) is 1. The maximum Gasteiger partial charge on any atom is 0.219 e. The number of rotatable bonds is 3. The van der Waals surface area contributed by atoms with Crippen molar-refractivity contribution >= 4 is 29.1 Å². The van der Waals surface area contributed by atoms with E-state index >= 15 is 0 Å². The zero-order valence-electron chi connectivity index (χ0n) is 7.51. The molecular weight excluding hydrogens is 225 g/mol. The fourth-order valence-corrected chi connectivity index (χ4v) is 1.26. The SMILES string of the molecule is COC(=N)COc1ccc(Cl)cc1Cl. The van der Waals surface area contributed by atoms with Crippen molar-refractivity contribution in [1.82, 2.24) is 0 Å². The van der Waals surface area contributed by atoms with Gasteiger partial charge in [0.1, 0.15) is 5.75 Å². The Balaban J connectivity index is 2.63. The van der Waals surface area contributed by atoms with E-state index in [-0.39, 0.29) is 12.5 Å². The summed E-state index contributed by atoms with van der Waals surface area (Å²) in [5.41, 5.74) is 0. The molecule has 5 heteroatoms. The molecule has 0 heterocycles. The molecule has 0 aromatic heterocycles. The van der Waals surface area contributed by atoms with E-state index in [0.717, 1.165) is 0 Å². The van der Waals surface area contributed by atoms with E-state index in [0.29, 0.717) is 15.8 Å². The zero-order valence-corrected chi connectivity index (χ0v) is 9.02. The molecule has 0 aliphatic carbocycles. The van der Waals surface area contributed by atoms with Gasteiger partial charge in [-0.3, -0.25) is 5.41 Å². The highest BCUT2D eigenvalue weighted by Crippen LogP contribution is 2.27. The van der Waals surface area contributed by atoms with Gasteiger partial charge in [-0.2, -0.15) is 0 Å². The molecule has 0 aliphatic rings. The van der Waals surface area contributed by atoms with Gasteiger partial charge in [0.2, 0.25) is 5.90 Å². The van der Waals surface area contributed by atoms with Gasteiger partial charge < -0.3 is 9.47 Å². The summed E-state index contributed by atoms with van der Waals surface area (Å²) in [6.45, 7) is 0.0534. The lowest BCUT2D eigenvalue weighted by Crippen LogP contribution is -2.11. The van der Waals surface area contributed by atoms with Gasteiger partial charge >= 0.3 is 0 Å². The van der Waals surface area contributed by atoms with Crippen LogP contribution in [0.1, 0.15) is 0 Å². The number of hydrogen-bond acceptors (Lipinski definition) is 3. The number of halogens is 2. The normalized spacial score (nSPS) is 9.64. The van der Waals surface area contributed by atoms with Gasteiger partial charge in [0, 0.05) is 5.02 Å². The van der Waals surface area contributed by atoms with Crippen LogP contribution in [0.3, 0.4) is 0 Å². The second-order valence-electron chi connectivity index (χ2n) is 2.49. The monoisotopic (exact) mass is 233 g/mol. The first-order valence-corrected chi connectivity index (χ1v) is 4.58. The maximum absolute atomic E-state index is 7.18. The molecule has 0 aliphatic heterocycles. The molecule has 1 N–H and O–H groups in total. The van der Waals surface area contributed by atoms with Crippen molar-refractivity contribution in [3.63, 3.8) is 0 Å². The third-order valence-corrected chi connectivity index (χ3v) is 2.03. The van der Waals surface area contributed by atoms with Crippen LogP contribution in [0.4, 0.5) is 0 Å². The quantitative estimate of drug-likeness (QED) is 0.645. The Morgan fingerprint density at radius 1 is 1.43 bits per heavy atom. The third-order valence-electron chi connectivity index (χ3n) is 1.50. The molecular formula is C9H9Cl2NO2. The summed E-state index contributed by atoms with van der Waals surface area (Å²) in [5.74, 6) is 0.522. The summed E-state index contributed by atoms with van der Waals surface area (Å²) in [7, 11) is 1.41. The van der Waals surface area contributed by atoms with Crippen molar-refractivity contribution < 1.29 is 9.47 Å². The molecule has 0 spiro atoms. The Bertz CT molecular complexity index is 342. The molecule has 0 amide bonds. The van der Waals surface area contributed by atoms with Crippen LogP contribution in [0.25, 0.3) is 0 Å². The summed E-state index contributed by atoms with van der Waals surface area (Å²) >= 11 is 11.5. The van der Waals surface area contributed by atoms with Crippen LogP contribution in [0, 0.1) is 5.41 Å². The van der Waals surface area contributed by atoms with Crippen LogP contribution in [0.2, 0.25) is 10.0 Å². The summed E-state index contributed by atoms with van der Waals surface area (Å²) < 4.78 is 9.83. The van der Waals surface area contributed by atoms with Crippen LogP contribution in [-0.4, -0.2) is 19.6 Å². The fraction of sp³-hybridized carbons (Fsp3) is 0.222. The molecule has 0 fully saturated rings. The average Bonchev–Trinajstić information content (AvgIpc) is 2.16. The van der Waals surface area contributed by atoms with E-state index in [9.17, 15) is 0 Å². The minimum atomic E-state index is 0.0380. The maximum atomic E-state index is 7.18. The zero-order chi connectivity index (χ0) is 10.6. The molecule has 1 rings (SSSR count). The van der Waals surface area contributed by atoms with Crippen molar-refractivity contribution in [3.8, 4) is 5.75 Å². The van der Waals surface area contributed by atoms with Crippen LogP contribution in [0.5, 0.6) is 5.75 Å². The van der Waals surface area contributed by atoms with Gasteiger partial charge in [-0.15, -0.1) is 0 Å². The smallest absolute Gasteiger partial charge is 0.219 e. The average molecular weight is 234 g/mol. The minimum absolute atomic E-state index is 0.0380. The van der Waals surface area contributed by atoms with Crippen molar-refractivity contribution in [3.05, 3.63) is 28.2 Å². The molecule has 14 heavy (non-hydrogen) atoms. The lowest BCUT2D eigenvalue weighted by molar-refractivity contribution is 0.310. The number of benzene rings is 1. The van der Waals surface area contributed by atoms with Crippen LogP contribution in [0.15, 0.2) is 18.2 Å². The second kappa shape index (κ2) is 5.08. The van der Waals surface area contributed by atoms with Gasteiger partial charge in [0.15, 0.2) is 6.61 Å². The van der Waals surface area contributed by atoms with E-state index in [1.807, 2.05) is 0 Å². The highest BCUT2D eigenvalue weighted by Gasteiger charge is 2.03. The standard InChI is InChI=1S/C9H9Cl2NO2/c1-13-9(12)5-14-8-3-2-6(10)4-7(8)11/h2-4,12H,5H2,1H3. The van der Waals surface area contributed by atoms with Crippen LogP contribution >= 0.6 is 23.2 Å². The predicted molar refractivity (Wildman–Crippen MR) is 56.7 cm³/mol. The van der Waals surface area contributed by atoms with Crippen molar-refractivity contribution in [2.24, 2.45) is 0 Å². The van der Waals surface area contributed by atoms with E-state index in [1.165, 1.54) is 7.11 Å². The molecule has 76 valence electrons. The van der Waals surface area contributed by atoms with Gasteiger partial charge in [-0.1, -0.05) is 23.2 Å². The van der Waals surface area contributed by atoms with Gasteiger partial charge in [0.05, 0.1) is 12.1 Å². The molecule has 0 bridgehead atoms. The Morgan fingerprint density at radius 2 is 2.14 bits per heavy atom.